The Morgan fingerprint density at radius 2 is 1.69 bits per heavy atom. The molecular formula is C32H35N5O5. The van der Waals surface area contributed by atoms with Crippen molar-refractivity contribution in [1.29, 1.82) is 0 Å². The highest BCUT2D eigenvalue weighted by Crippen LogP contribution is 2.28. The van der Waals surface area contributed by atoms with Crippen molar-refractivity contribution in [2.45, 2.75) is 19.1 Å². The number of hydrogen-bond acceptors (Lipinski definition) is 7. The molecule has 1 heterocycles. The predicted octanol–water partition coefficient (Wildman–Crippen LogP) is 4.30. The van der Waals surface area contributed by atoms with Crippen LogP contribution in [0, 0.1) is 0 Å². The molecule has 0 aliphatic carbocycles. The van der Waals surface area contributed by atoms with Gasteiger partial charge in [-0.05, 0) is 67.7 Å². The van der Waals surface area contributed by atoms with Gasteiger partial charge in [0.2, 0.25) is 5.91 Å². The Labute approximate surface area is 244 Å². The summed E-state index contributed by atoms with van der Waals surface area (Å²) in [6.45, 7) is 1.16. The molecule has 3 aromatic carbocycles. The summed E-state index contributed by atoms with van der Waals surface area (Å²) in [4.78, 5) is 40.5. The molecule has 0 aliphatic rings. The number of alkyl carbamates (subject to hydrolysis) is 1. The SMILES string of the molecule is CN(C)CCNC(=O)[C@H](Cc1ccc(C(=O)Nc2cc(-c3ccco3)ccc2N)cc1)NC(=O)OCc1ccccc1. The molecule has 0 aliphatic heterocycles. The average molecular weight is 570 g/mol. The number of hydrogen-bond donors (Lipinski definition) is 4. The molecule has 0 radical (unpaired) electrons. The molecule has 4 aromatic rings. The fourth-order valence-corrected chi connectivity index (χ4v) is 4.13. The Balaban J connectivity index is 1.40. The minimum Gasteiger partial charge on any atom is -0.464 e. The minimum absolute atomic E-state index is 0.0837. The molecule has 3 amide bonds. The maximum absolute atomic E-state index is 13.0. The van der Waals surface area contributed by atoms with Crippen LogP contribution in [0.5, 0.6) is 0 Å². The van der Waals surface area contributed by atoms with Gasteiger partial charge in [0.1, 0.15) is 18.4 Å². The molecule has 42 heavy (non-hydrogen) atoms. The lowest BCUT2D eigenvalue weighted by atomic mass is 10.0. The molecule has 1 aromatic heterocycles. The van der Waals surface area contributed by atoms with Crippen LogP contribution in [0.2, 0.25) is 0 Å². The molecule has 0 saturated carbocycles. The number of nitrogens with two attached hydrogens (primary N) is 1. The zero-order chi connectivity index (χ0) is 29.9. The summed E-state index contributed by atoms with van der Waals surface area (Å²) < 4.78 is 10.8. The molecule has 218 valence electrons. The van der Waals surface area contributed by atoms with Crippen LogP contribution in [0.1, 0.15) is 21.5 Å². The Kier molecular flexibility index (Phi) is 10.3. The molecule has 1 atom stereocenters. The van der Waals surface area contributed by atoms with Crippen molar-refractivity contribution in [1.82, 2.24) is 15.5 Å². The van der Waals surface area contributed by atoms with Gasteiger partial charge in [-0.2, -0.15) is 0 Å². The van der Waals surface area contributed by atoms with Crippen LogP contribution < -0.4 is 21.7 Å². The molecule has 10 nitrogen and oxygen atoms in total. The maximum atomic E-state index is 13.0. The second-order valence-corrected chi connectivity index (χ2v) is 9.99. The topological polar surface area (TPSA) is 139 Å². The van der Waals surface area contributed by atoms with Crippen LogP contribution in [-0.2, 0) is 22.6 Å². The number of nitrogens with one attached hydrogen (secondary N) is 3. The number of carbonyl (C=O) groups is 3. The van der Waals surface area contributed by atoms with Crippen molar-refractivity contribution in [3.63, 3.8) is 0 Å². The second kappa shape index (κ2) is 14.5. The fourth-order valence-electron chi connectivity index (χ4n) is 4.13. The molecular weight excluding hydrogens is 534 g/mol. The number of nitrogens with zero attached hydrogens (tertiary/aromatic N) is 1. The third-order valence-corrected chi connectivity index (χ3v) is 6.44. The van der Waals surface area contributed by atoms with E-state index in [9.17, 15) is 14.4 Å². The van der Waals surface area contributed by atoms with Crippen LogP contribution in [-0.4, -0.2) is 56.0 Å². The van der Waals surface area contributed by atoms with Crippen molar-refractivity contribution in [3.8, 4) is 11.3 Å². The predicted molar refractivity (Wildman–Crippen MR) is 162 cm³/mol. The van der Waals surface area contributed by atoms with Gasteiger partial charge in [-0.3, -0.25) is 9.59 Å². The molecule has 10 heteroatoms. The normalized spacial score (nSPS) is 11.5. The lowest BCUT2D eigenvalue weighted by Crippen LogP contribution is -2.49. The first kappa shape index (κ1) is 29.9. The number of amides is 3. The summed E-state index contributed by atoms with van der Waals surface area (Å²) in [6, 6.07) is 24.1. The van der Waals surface area contributed by atoms with Crippen LogP contribution in [0.15, 0.2) is 95.6 Å². The Bertz CT molecular complexity index is 1470. The Morgan fingerprint density at radius 3 is 2.38 bits per heavy atom. The first-order valence-electron chi connectivity index (χ1n) is 13.5. The van der Waals surface area contributed by atoms with Gasteiger partial charge in [-0.25, -0.2) is 4.79 Å². The summed E-state index contributed by atoms with van der Waals surface area (Å²) in [7, 11) is 3.81. The second-order valence-electron chi connectivity index (χ2n) is 9.99. The van der Waals surface area contributed by atoms with Gasteiger partial charge in [-0.1, -0.05) is 42.5 Å². The third-order valence-electron chi connectivity index (χ3n) is 6.44. The van der Waals surface area contributed by atoms with E-state index in [0.29, 0.717) is 35.8 Å². The van der Waals surface area contributed by atoms with Crippen molar-refractivity contribution in [3.05, 3.63) is 108 Å². The van der Waals surface area contributed by atoms with Crippen molar-refractivity contribution < 1.29 is 23.5 Å². The Morgan fingerprint density at radius 1 is 0.929 bits per heavy atom. The van der Waals surface area contributed by atoms with E-state index in [2.05, 4.69) is 16.0 Å². The van der Waals surface area contributed by atoms with E-state index in [0.717, 1.165) is 16.7 Å². The van der Waals surface area contributed by atoms with E-state index in [1.165, 1.54) is 0 Å². The number of furan rings is 1. The molecule has 0 fully saturated rings. The van der Waals surface area contributed by atoms with E-state index in [1.807, 2.05) is 61.5 Å². The van der Waals surface area contributed by atoms with Gasteiger partial charge in [-0.15, -0.1) is 0 Å². The monoisotopic (exact) mass is 569 g/mol. The first-order chi connectivity index (χ1) is 20.3. The molecule has 5 N–H and O–H groups in total. The highest BCUT2D eigenvalue weighted by molar-refractivity contribution is 6.06. The smallest absolute Gasteiger partial charge is 0.408 e. The third kappa shape index (κ3) is 8.70. The van der Waals surface area contributed by atoms with Crippen molar-refractivity contribution in [2.24, 2.45) is 0 Å². The standard InChI is InChI=1S/C32H35N5O5/c1-37(2)17-16-34-31(39)28(36-32(40)42-21-23-7-4-3-5-8-23)19-22-10-12-24(13-11-22)30(38)35-27-20-25(14-15-26(27)33)29-9-6-18-41-29/h3-15,18,20,28H,16-17,19,21,33H2,1-2H3,(H,34,39)(H,35,38)(H,36,40)/t28-/m0/s1. The van der Waals surface area contributed by atoms with E-state index in [4.69, 9.17) is 14.9 Å². The molecule has 4 rings (SSSR count). The summed E-state index contributed by atoms with van der Waals surface area (Å²) in [5.41, 5.74) is 9.75. The highest BCUT2D eigenvalue weighted by atomic mass is 16.5. The highest BCUT2D eigenvalue weighted by Gasteiger charge is 2.22. The van der Waals surface area contributed by atoms with Gasteiger partial charge < -0.3 is 35.7 Å². The van der Waals surface area contributed by atoms with Gasteiger partial charge in [0.15, 0.2) is 0 Å². The lowest BCUT2D eigenvalue weighted by molar-refractivity contribution is -0.123. The van der Waals surface area contributed by atoms with E-state index >= 15 is 0 Å². The Hall–Kier alpha value is -5.09. The summed E-state index contributed by atoms with van der Waals surface area (Å²) in [6.07, 6.45) is 1.08. The zero-order valence-corrected chi connectivity index (χ0v) is 23.6. The van der Waals surface area contributed by atoms with Gasteiger partial charge >= 0.3 is 6.09 Å². The molecule has 0 unspecified atom stereocenters. The molecule has 0 bridgehead atoms. The number of rotatable bonds is 12. The van der Waals surface area contributed by atoms with Crippen LogP contribution >= 0.6 is 0 Å². The first-order valence-corrected chi connectivity index (χ1v) is 13.5. The number of anilines is 2. The summed E-state index contributed by atoms with van der Waals surface area (Å²) >= 11 is 0. The molecule has 0 spiro atoms. The lowest BCUT2D eigenvalue weighted by Gasteiger charge is -2.19. The van der Waals surface area contributed by atoms with Crippen molar-refractivity contribution >= 4 is 29.3 Å². The average Bonchev–Trinajstić information content (AvgIpc) is 3.53. The number of likely N-dealkylation sites (N-methyl/N-ethyl adjacent to an activating group) is 1. The maximum Gasteiger partial charge on any atom is 0.408 e. The fraction of sp³-hybridized carbons (Fsp3) is 0.219. The number of benzene rings is 3. The van der Waals surface area contributed by atoms with Gasteiger partial charge in [0.05, 0.1) is 17.6 Å². The quantitative estimate of drug-likeness (QED) is 0.187. The number of ether oxygens (including phenoxy) is 1. The number of carbonyl (C=O) groups excluding carboxylic acids is 3. The van der Waals surface area contributed by atoms with Crippen LogP contribution in [0.4, 0.5) is 16.2 Å². The van der Waals surface area contributed by atoms with Crippen LogP contribution in [0.25, 0.3) is 11.3 Å². The summed E-state index contributed by atoms with van der Waals surface area (Å²) in [5, 5.41) is 8.38. The van der Waals surface area contributed by atoms with E-state index in [1.54, 1.807) is 48.7 Å². The zero-order valence-electron chi connectivity index (χ0n) is 23.6. The summed E-state index contributed by atoms with van der Waals surface area (Å²) in [5.74, 6) is -0.0135. The van der Waals surface area contributed by atoms with Gasteiger partial charge in [0.25, 0.3) is 5.91 Å². The van der Waals surface area contributed by atoms with E-state index in [-0.39, 0.29) is 24.8 Å². The van der Waals surface area contributed by atoms with Gasteiger partial charge in [0, 0.05) is 30.6 Å². The number of nitrogen functional groups attached to an aromatic ring is 1. The van der Waals surface area contributed by atoms with E-state index < -0.39 is 12.1 Å². The van der Waals surface area contributed by atoms with Crippen molar-refractivity contribution in [2.75, 3.05) is 38.2 Å². The molecule has 0 saturated heterocycles. The van der Waals surface area contributed by atoms with Crippen LogP contribution in [0.3, 0.4) is 0 Å². The largest absolute Gasteiger partial charge is 0.464 e. The minimum atomic E-state index is -0.876.